The number of hydrogen-bond acceptors (Lipinski definition) is 6. The Morgan fingerprint density at radius 3 is 2.72 bits per heavy atom. The summed E-state index contributed by atoms with van der Waals surface area (Å²) in [6.07, 6.45) is 2.60. The summed E-state index contributed by atoms with van der Waals surface area (Å²) in [5.74, 6) is -1.74. The van der Waals surface area contributed by atoms with E-state index in [9.17, 15) is 18.7 Å². The standard InChI is InChI=1S/C19H16F2N6O2/c1-12(27-18(28)14-4-2-3-5-17(14)24-25-27)19(29,9-26-11-22-10-23-26)15-7-6-13(20)8-16(15)21/h2-8,10-12,29H,9H2,1H3/t12-,19-/m1/s1. The van der Waals surface area contributed by atoms with Crippen LogP contribution in [-0.2, 0) is 12.1 Å². The van der Waals surface area contributed by atoms with Gasteiger partial charge in [-0.3, -0.25) is 4.79 Å². The first-order valence-corrected chi connectivity index (χ1v) is 8.75. The number of aromatic nitrogens is 6. The van der Waals surface area contributed by atoms with Crippen molar-refractivity contribution < 1.29 is 13.9 Å². The predicted octanol–water partition coefficient (Wildman–Crippen LogP) is 1.81. The highest BCUT2D eigenvalue weighted by atomic mass is 19.1. The van der Waals surface area contributed by atoms with Gasteiger partial charge in [-0.25, -0.2) is 23.1 Å². The van der Waals surface area contributed by atoms with Gasteiger partial charge in [0.05, 0.1) is 18.0 Å². The quantitative estimate of drug-likeness (QED) is 0.551. The third kappa shape index (κ3) is 3.27. The van der Waals surface area contributed by atoms with Gasteiger partial charge < -0.3 is 5.11 Å². The van der Waals surface area contributed by atoms with Crippen LogP contribution >= 0.6 is 0 Å². The number of rotatable bonds is 5. The largest absolute Gasteiger partial charge is 0.381 e. The van der Waals surface area contributed by atoms with Gasteiger partial charge in [-0.05, 0) is 25.1 Å². The normalized spacial score (nSPS) is 14.6. The molecule has 4 rings (SSSR count). The fraction of sp³-hybridized carbons (Fsp3) is 0.211. The predicted molar refractivity (Wildman–Crippen MR) is 98.8 cm³/mol. The van der Waals surface area contributed by atoms with Crippen LogP contribution in [0.1, 0.15) is 18.5 Å². The lowest BCUT2D eigenvalue weighted by Crippen LogP contribution is -2.44. The molecule has 148 valence electrons. The summed E-state index contributed by atoms with van der Waals surface area (Å²) in [7, 11) is 0. The molecule has 2 atom stereocenters. The number of hydrogen-bond donors (Lipinski definition) is 1. The lowest BCUT2D eigenvalue weighted by Gasteiger charge is -2.34. The second kappa shape index (κ2) is 7.13. The van der Waals surface area contributed by atoms with Gasteiger partial charge in [0, 0.05) is 11.6 Å². The molecule has 10 heteroatoms. The van der Waals surface area contributed by atoms with Crippen molar-refractivity contribution in [2.45, 2.75) is 25.1 Å². The van der Waals surface area contributed by atoms with Crippen LogP contribution in [0.2, 0.25) is 0 Å². The number of halogens is 2. The van der Waals surface area contributed by atoms with Crippen molar-refractivity contribution in [3.63, 3.8) is 0 Å². The van der Waals surface area contributed by atoms with Crippen LogP contribution in [0.25, 0.3) is 10.9 Å². The van der Waals surface area contributed by atoms with Crippen LogP contribution in [0.15, 0.2) is 59.9 Å². The van der Waals surface area contributed by atoms with Crippen molar-refractivity contribution in [2.75, 3.05) is 0 Å². The summed E-state index contributed by atoms with van der Waals surface area (Å²) >= 11 is 0. The van der Waals surface area contributed by atoms with Crippen LogP contribution in [0.4, 0.5) is 8.78 Å². The van der Waals surface area contributed by atoms with Crippen LogP contribution in [0.3, 0.4) is 0 Å². The molecule has 4 aromatic rings. The maximum atomic E-state index is 14.6. The summed E-state index contributed by atoms with van der Waals surface area (Å²) in [6.45, 7) is 1.25. The van der Waals surface area contributed by atoms with Gasteiger partial charge in [-0.2, -0.15) is 5.10 Å². The monoisotopic (exact) mass is 398 g/mol. The zero-order valence-corrected chi connectivity index (χ0v) is 15.3. The highest BCUT2D eigenvalue weighted by molar-refractivity contribution is 5.76. The summed E-state index contributed by atoms with van der Waals surface area (Å²) in [5.41, 5.74) is -2.31. The molecule has 2 heterocycles. The summed E-state index contributed by atoms with van der Waals surface area (Å²) in [5, 5.41) is 23.8. The van der Waals surface area contributed by atoms with Crippen molar-refractivity contribution >= 4 is 10.9 Å². The van der Waals surface area contributed by atoms with E-state index in [0.717, 1.165) is 16.8 Å². The van der Waals surface area contributed by atoms with Gasteiger partial charge >= 0.3 is 0 Å². The van der Waals surface area contributed by atoms with Gasteiger partial charge in [0.2, 0.25) is 0 Å². The first-order valence-electron chi connectivity index (χ1n) is 8.75. The maximum Gasteiger partial charge on any atom is 0.277 e. The molecule has 1 N–H and O–H groups in total. The smallest absolute Gasteiger partial charge is 0.277 e. The van der Waals surface area contributed by atoms with Gasteiger partial charge in [-0.1, -0.05) is 23.4 Å². The minimum absolute atomic E-state index is 0.205. The Labute approximate surface area is 163 Å². The lowest BCUT2D eigenvalue weighted by molar-refractivity contribution is -0.0390. The molecule has 0 aliphatic carbocycles. The van der Waals surface area contributed by atoms with Gasteiger partial charge in [0.1, 0.15) is 35.4 Å². The van der Waals surface area contributed by atoms with Gasteiger partial charge in [0.25, 0.3) is 5.56 Å². The minimum Gasteiger partial charge on any atom is -0.381 e. The summed E-state index contributed by atoms with van der Waals surface area (Å²) < 4.78 is 30.4. The first-order chi connectivity index (χ1) is 13.9. The molecule has 0 spiro atoms. The Bertz CT molecular complexity index is 1230. The van der Waals surface area contributed by atoms with E-state index in [0.29, 0.717) is 17.0 Å². The molecular weight excluding hydrogens is 382 g/mol. The SMILES string of the molecule is C[C@@H](n1nnc2ccccc2c1=O)[C@](O)(Cn1cncn1)c1ccc(F)cc1F. The minimum atomic E-state index is -2.01. The Balaban J connectivity index is 1.89. The molecule has 2 aromatic heterocycles. The zero-order chi connectivity index (χ0) is 20.6. The fourth-order valence-electron chi connectivity index (χ4n) is 3.30. The second-order valence-corrected chi connectivity index (χ2v) is 6.67. The Kier molecular flexibility index (Phi) is 4.63. The highest BCUT2D eigenvalue weighted by Crippen LogP contribution is 2.35. The van der Waals surface area contributed by atoms with E-state index in [1.807, 2.05) is 0 Å². The van der Waals surface area contributed by atoms with Crippen molar-refractivity contribution in [3.8, 4) is 0 Å². The molecule has 0 fully saturated rings. The molecule has 0 saturated heterocycles. The average Bonchev–Trinajstić information content (AvgIpc) is 3.20. The fourth-order valence-corrected chi connectivity index (χ4v) is 3.30. The molecule has 2 aromatic carbocycles. The van der Waals surface area contributed by atoms with E-state index in [-0.39, 0.29) is 12.1 Å². The number of nitrogens with zero attached hydrogens (tertiary/aromatic N) is 6. The third-order valence-electron chi connectivity index (χ3n) is 4.92. The second-order valence-electron chi connectivity index (χ2n) is 6.67. The first kappa shape index (κ1) is 18.8. The maximum absolute atomic E-state index is 14.6. The number of fused-ring (bicyclic) bond motifs is 1. The van der Waals surface area contributed by atoms with Crippen molar-refractivity contribution in [1.82, 2.24) is 29.8 Å². The Hall–Kier alpha value is -3.53. The Morgan fingerprint density at radius 1 is 1.21 bits per heavy atom. The van der Waals surface area contributed by atoms with E-state index >= 15 is 0 Å². The molecule has 0 saturated carbocycles. The van der Waals surface area contributed by atoms with E-state index in [1.165, 1.54) is 24.3 Å². The molecule has 0 bridgehead atoms. The van der Waals surface area contributed by atoms with Gasteiger partial charge in [-0.15, -0.1) is 5.10 Å². The van der Waals surface area contributed by atoms with Crippen molar-refractivity contribution in [1.29, 1.82) is 0 Å². The van der Waals surface area contributed by atoms with Crippen molar-refractivity contribution in [2.24, 2.45) is 0 Å². The number of benzene rings is 2. The molecule has 0 aliphatic heterocycles. The van der Waals surface area contributed by atoms with E-state index < -0.39 is 28.8 Å². The van der Waals surface area contributed by atoms with E-state index in [4.69, 9.17) is 0 Å². The topological polar surface area (TPSA) is 98.7 Å². The van der Waals surface area contributed by atoms with Crippen LogP contribution in [-0.4, -0.2) is 34.9 Å². The van der Waals surface area contributed by atoms with Crippen LogP contribution in [0, 0.1) is 11.6 Å². The van der Waals surface area contributed by atoms with Crippen molar-refractivity contribution in [3.05, 3.63) is 82.7 Å². The van der Waals surface area contributed by atoms with Gasteiger partial charge in [0.15, 0.2) is 0 Å². The average molecular weight is 398 g/mol. The Morgan fingerprint density at radius 2 is 2.00 bits per heavy atom. The molecule has 8 nitrogen and oxygen atoms in total. The lowest BCUT2D eigenvalue weighted by atomic mass is 9.86. The molecule has 29 heavy (non-hydrogen) atoms. The highest BCUT2D eigenvalue weighted by Gasteiger charge is 2.41. The van der Waals surface area contributed by atoms with E-state index in [1.54, 1.807) is 24.3 Å². The summed E-state index contributed by atoms with van der Waals surface area (Å²) in [4.78, 5) is 16.8. The molecule has 0 radical (unpaired) electrons. The molecule has 0 amide bonds. The third-order valence-corrected chi connectivity index (χ3v) is 4.92. The summed E-state index contributed by atoms with van der Waals surface area (Å²) in [6, 6.07) is 8.40. The van der Waals surface area contributed by atoms with E-state index in [2.05, 4.69) is 20.4 Å². The number of aliphatic hydroxyl groups is 1. The molecule has 0 unspecified atom stereocenters. The molecular formula is C19H16F2N6O2. The molecule has 0 aliphatic rings. The van der Waals surface area contributed by atoms with Crippen LogP contribution < -0.4 is 5.56 Å². The zero-order valence-electron chi connectivity index (χ0n) is 15.3. The van der Waals surface area contributed by atoms with Crippen LogP contribution in [0.5, 0.6) is 0 Å².